The van der Waals surface area contributed by atoms with E-state index in [4.69, 9.17) is 4.98 Å². The van der Waals surface area contributed by atoms with Gasteiger partial charge in [-0.1, -0.05) is 45.1 Å². The number of aromatic nitrogens is 1. The average Bonchev–Trinajstić information content (AvgIpc) is 3.05. The maximum atomic E-state index is 4.89. The first-order valence-corrected chi connectivity index (χ1v) is 11.4. The third-order valence-corrected chi connectivity index (χ3v) is 7.42. The molecule has 144 valence electrons. The molecule has 0 saturated heterocycles. The number of nitrogens with one attached hydrogen (secondary N) is 1. The van der Waals surface area contributed by atoms with E-state index in [0.29, 0.717) is 12.1 Å². The zero-order valence-electron chi connectivity index (χ0n) is 16.3. The molecule has 3 aliphatic rings. The lowest BCUT2D eigenvalue weighted by atomic mass is 9.88. The molecule has 0 bridgehead atoms. The van der Waals surface area contributed by atoms with Gasteiger partial charge in [0.1, 0.15) is 5.82 Å². The number of fused-ring (bicyclic) bond motifs is 1. The summed E-state index contributed by atoms with van der Waals surface area (Å²) in [7, 11) is 2.20. The molecule has 0 atom stereocenters. The minimum absolute atomic E-state index is 0.674. The number of nitrogens with zero attached hydrogens (tertiary/aromatic N) is 3. The van der Waals surface area contributed by atoms with E-state index < -0.39 is 0 Å². The van der Waals surface area contributed by atoms with Crippen LogP contribution in [0.2, 0.25) is 0 Å². The van der Waals surface area contributed by atoms with Crippen LogP contribution in [0.5, 0.6) is 0 Å². The predicted molar refractivity (Wildman–Crippen MR) is 110 cm³/mol. The Morgan fingerprint density at radius 3 is 2.31 bits per heavy atom. The summed E-state index contributed by atoms with van der Waals surface area (Å²) < 4.78 is 0. The lowest BCUT2D eigenvalue weighted by Crippen LogP contribution is -2.45. The molecule has 2 aliphatic carbocycles. The van der Waals surface area contributed by atoms with E-state index in [-0.39, 0.29) is 0 Å². The first-order valence-electron chi connectivity index (χ1n) is 10.6. The Labute approximate surface area is 162 Å². The maximum Gasteiger partial charge on any atom is 0.188 e. The van der Waals surface area contributed by atoms with E-state index in [1.165, 1.54) is 74.8 Å². The topological polar surface area (TPSA) is 31.4 Å². The summed E-state index contributed by atoms with van der Waals surface area (Å²) in [4.78, 5) is 11.4. The Balaban J connectivity index is 1.48. The van der Waals surface area contributed by atoms with Crippen molar-refractivity contribution in [1.82, 2.24) is 14.8 Å². The van der Waals surface area contributed by atoms with Gasteiger partial charge in [-0.05, 0) is 32.7 Å². The average molecular weight is 375 g/mol. The predicted octanol–water partition coefficient (Wildman–Crippen LogP) is 4.98. The largest absolute Gasteiger partial charge is 0.353 e. The maximum absolute atomic E-state index is 4.89. The lowest BCUT2D eigenvalue weighted by Gasteiger charge is -2.44. The molecule has 2 heterocycles. The summed E-state index contributed by atoms with van der Waals surface area (Å²) in [6.07, 6.45) is 14.7. The van der Waals surface area contributed by atoms with Crippen LogP contribution in [0, 0.1) is 0 Å². The normalized spacial score (nSPS) is 22.8. The van der Waals surface area contributed by atoms with Crippen LogP contribution in [0.15, 0.2) is 12.4 Å². The second-order valence-electron chi connectivity index (χ2n) is 8.44. The number of likely N-dealkylation sites (N-methyl/N-ethyl adjacent to an activating group) is 1. The van der Waals surface area contributed by atoms with Crippen LogP contribution in [-0.4, -0.2) is 40.5 Å². The highest BCUT2D eigenvalue weighted by atomic mass is 32.1. The first kappa shape index (κ1) is 18.3. The van der Waals surface area contributed by atoms with Gasteiger partial charge < -0.3 is 15.1 Å². The van der Waals surface area contributed by atoms with E-state index in [1.807, 2.05) is 11.3 Å². The van der Waals surface area contributed by atoms with Gasteiger partial charge in [0.05, 0.1) is 5.69 Å². The molecule has 4 nitrogen and oxygen atoms in total. The summed E-state index contributed by atoms with van der Waals surface area (Å²) in [6, 6.07) is 1.35. The fraction of sp³-hybridized carbons (Fsp3) is 0.762. The summed E-state index contributed by atoms with van der Waals surface area (Å²) >= 11 is 1.83. The minimum atomic E-state index is 0.674. The lowest BCUT2D eigenvalue weighted by molar-refractivity contribution is 0.121. The molecular weight excluding hydrogens is 340 g/mol. The molecule has 2 fully saturated rings. The summed E-state index contributed by atoms with van der Waals surface area (Å²) in [5, 5.41) is 4.68. The van der Waals surface area contributed by atoms with Gasteiger partial charge >= 0.3 is 0 Å². The van der Waals surface area contributed by atoms with Gasteiger partial charge in [-0.2, -0.15) is 0 Å². The fourth-order valence-electron chi connectivity index (χ4n) is 5.02. The summed E-state index contributed by atoms with van der Waals surface area (Å²) in [5.74, 6) is 1.10. The Bertz CT molecular complexity index is 596. The van der Waals surface area contributed by atoms with E-state index in [0.717, 1.165) is 30.5 Å². The van der Waals surface area contributed by atoms with Gasteiger partial charge in [0, 0.05) is 36.5 Å². The molecule has 0 aromatic carbocycles. The molecule has 0 spiro atoms. The van der Waals surface area contributed by atoms with Crippen LogP contribution < -0.4 is 5.32 Å². The number of anilines is 1. The highest BCUT2D eigenvalue weighted by Crippen LogP contribution is 2.34. The van der Waals surface area contributed by atoms with Crippen LogP contribution in [0.3, 0.4) is 0 Å². The Hall–Kier alpha value is -1.07. The molecule has 0 amide bonds. The standard InChI is InChI=1S/C21H34N4S/c1-16(22-21-23-19-13-14-24(2)15-20(19)26-21)25(17-9-5-3-6-10-17)18-11-7-4-8-12-18/h17-18H,1,3-15H2,2H3,(H,22,23). The number of thiazole rings is 1. The van der Waals surface area contributed by atoms with Crippen LogP contribution >= 0.6 is 11.3 Å². The third-order valence-electron chi connectivity index (χ3n) is 6.42. The molecule has 1 aromatic heterocycles. The smallest absolute Gasteiger partial charge is 0.188 e. The Morgan fingerprint density at radius 2 is 1.69 bits per heavy atom. The van der Waals surface area contributed by atoms with Crippen molar-refractivity contribution < 1.29 is 0 Å². The van der Waals surface area contributed by atoms with Crippen molar-refractivity contribution >= 4 is 16.5 Å². The minimum Gasteiger partial charge on any atom is -0.353 e. The molecule has 5 heteroatoms. The summed E-state index contributed by atoms with van der Waals surface area (Å²) in [5.41, 5.74) is 1.30. The van der Waals surface area contributed by atoms with Gasteiger partial charge in [-0.3, -0.25) is 0 Å². The van der Waals surface area contributed by atoms with E-state index >= 15 is 0 Å². The Morgan fingerprint density at radius 1 is 1.08 bits per heavy atom. The number of hydrogen-bond acceptors (Lipinski definition) is 5. The van der Waals surface area contributed by atoms with Gasteiger partial charge in [-0.15, -0.1) is 11.3 Å². The second-order valence-corrected chi connectivity index (χ2v) is 9.52. The monoisotopic (exact) mass is 374 g/mol. The van der Waals surface area contributed by atoms with E-state index in [9.17, 15) is 0 Å². The number of hydrogen-bond donors (Lipinski definition) is 1. The molecule has 4 rings (SSSR count). The van der Waals surface area contributed by atoms with Crippen molar-refractivity contribution in [2.75, 3.05) is 18.9 Å². The first-order chi connectivity index (χ1) is 12.7. The molecule has 2 saturated carbocycles. The highest BCUT2D eigenvalue weighted by Gasteiger charge is 2.30. The van der Waals surface area contributed by atoms with E-state index in [2.05, 4.69) is 28.7 Å². The van der Waals surface area contributed by atoms with Gasteiger partial charge in [-0.25, -0.2) is 4.98 Å². The van der Waals surface area contributed by atoms with Gasteiger partial charge in [0.2, 0.25) is 0 Å². The molecule has 0 unspecified atom stereocenters. The van der Waals surface area contributed by atoms with Crippen molar-refractivity contribution in [3.8, 4) is 0 Å². The molecule has 1 aromatic rings. The van der Waals surface area contributed by atoms with Crippen LogP contribution in [0.25, 0.3) is 0 Å². The molecule has 26 heavy (non-hydrogen) atoms. The zero-order chi connectivity index (χ0) is 17.9. The van der Waals surface area contributed by atoms with Crippen molar-refractivity contribution in [2.45, 2.75) is 89.3 Å². The van der Waals surface area contributed by atoms with Gasteiger partial charge in [0.15, 0.2) is 5.13 Å². The molecule has 1 aliphatic heterocycles. The third kappa shape index (κ3) is 4.09. The van der Waals surface area contributed by atoms with Crippen LogP contribution in [-0.2, 0) is 13.0 Å². The van der Waals surface area contributed by atoms with Crippen LogP contribution in [0.4, 0.5) is 5.13 Å². The molecular formula is C21H34N4S. The van der Waals surface area contributed by atoms with Crippen molar-refractivity contribution in [3.63, 3.8) is 0 Å². The second kappa shape index (κ2) is 8.30. The fourth-order valence-corrected chi connectivity index (χ4v) is 6.13. The highest BCUT2D eigenvalue weighted by molar-refractivity contribution is 7.15. The van der Waals surface area contributed by atoms with Crippen molar-refractivity contribution in [3.05, 3.63) is 23.0 Å². The quantitative estimate of drug-likeness (QED) is 0.787. The van der Waals surface area contributed by atoms with Crippen molar-refractivity contribution in [2.24, 2.45) is 0 Å². The summed E-state index contributed by atoms with van der Waals surface area (Å²) in [6.45, 7) is 6.65. The van der Waals surface area contributed by atoms with Crippen LogP contribution in [0.1, 0.15) is 74.8 Å². The molecule has 1 N–H and O–H groups in total. The SMILES string of the molecule is C=C(Nc1nc2c(s1)CN(C)CC2)N(C1CCCCC1)C1CCCCC1. The number of rotatable bonds is 5. The van der Waals surface area contributed by atoms with Gasteiger partial charge in [0.25, 0.3) is 0 Å². The Kier molecular flexibility index (Phi) is 5.84. The van der Waals surface area contributed by atoms with E-state index in [1.54, 1.807) is 0 Å². The zero-order valence-corrected chi connectivity index (χ0v) is 17.1. The van der Waals surface area contributed by atoms with Crippen molar-refractivity contribution in [1.29, 1.82) is 0 Å². The molecule has 0 radical (unpaired) electrons.